The molecule has 1 heterocycles. The number of hydrogen-bond donors (Lipinski definition) is 1. The normalized spacial score (nSPS) is 17.1. The van der Waals surface area contributed by atoms with Crippen molar-refractivity contribution in [2.45, 2.75) is 32.7 Å². The first-order valence-electron chi connectivity index (χ1n) is 7.92. The number of likely N-dealkylation sites (tertiary alicyclic amines) is 1. The third kappa shape index (κ3) is 3.52. The molecule has 6 heteroatoms. The highest BCUT2D eigenvalue weighted by atomic mass is 16.4. The molecule has 1 fully saturated rings. The van der Waals surface area contributed by atoms with Crippen LogP contribution in [0.1, 0.15) is 47.4 Å². The summed E-state index contributed by atoms with van der Waals surface area (Å²) in [5.41, 5.74) is 0.940. The summed E-state index contributed by atoms with van der Waals surface area (Å²) >= 11 is 0. The second-order valence-corrected chi connectivity index (χ2v) is 5.55. The molecular formula is C17H22N2O4. The minimum Gasteiger partial charge on any atom is -0.480 e. The molecule has 1 aromatic carbocycles. The predicted molar refractivity (Wildman–Crippen MR) is 85.4 cm³/mol. The molecule has 6 nitrogen and oxygen atoms in total. The number of carboxylic acid groups (broad SMARTS) is 1. The van der Waals surface area contributed by atoms with Crippen LogP contribution in [0.5, 0.6) is 0 Å². The predicted octanol–water partition coefficient (Wildman–Crippen LogP) is 1.86. The summed E-state index contributed by atoms with van der Waals surface area (Å²) in [6.45, 7) is 5.54. The Morgan fingerprint density at radius 1 is 1.13 bits per heavy atom. The SMILES string of the molecule is CCN(CC)C(=O)c1ccc(C(=O)N2CCC[C@H]2C(=O)O)cc1. The molecule has 0 aliphatic carbocycles. The number of rotatable bonds is 5. The van der Waals surface area contributed by atoms with Crippen molar-refractivity contribution in [2.24, 2.45) is 0 Å². The van der Waals surface area contributed by atoms with Crippen LogP contribution in [0.25, 0.3) is 0 Å². The lowest BCUT2D eigenvalue weighted by molar-refractivity contribution is -0.141. The minimum atomic E-state index is -0.968. The third-order valence-corrected chi connectivity index (χ3v) is 4.23. The maximum absolute atomic E-state index is 12.5. The Bertz CT molecular complexity index is 593. The Morgan fingerprint density at radius 3 is 2.22 bits per heavy atom. The fourth-order valence-electron chi connectivity index (χ4n) is 2.88. The Kier molecular flexibility index (Phi) is 5.36. The van der Waals surface area contributed by atoms with E-state index < -0.39 is 12.0 Å². The zero-order chi connectivity index (χ0) is 17.0. The van der Waals surface area contributed by atoms with Gasteiger partial charge in [0.2, 0.25) is 0 Å². The highest BCUT2D eigenvalue weighted by Gasteiger charge is 2.34. The molecule has 1 atom stereocenters. The number of nitrogens with zero attached hydrogens (tertiary/aromatic N) is 2. The van der Waals surface area contributed by atoms with Crippen LogP contribution in [0.2, 0.25) is 0 Å². The number of carboxylic acids is 1. The van der Waals surface area contributed by atoms with Gasteiger partial charge in [-0.25, -0.2) is 4.79 Å². The Labute approximate surface area is 135 Å². The van der Waals surface area contributed by atoms with Crippen molar-refractivity contribution >= 4 is 17.8 Å². The van der Waals surface area contributed by atoms with Gasteiger partial charge in [0.05, 0.1) is 0 Å². The van der Waals surface area contributed by atoms with Crippen LogP contribution >= 0.6 is 0 Å². The van der Waals surface area contributed by atoms with Crippen molar-refractivity contribution in [1.29, 1.82) is 0 Å². The number of benzene rings is 1. The van der Waals surface area contributed by atoms with Crippen molar-refractivity contribution < 1.29 is 19.5 Å². The summed E-state index contributed by atoms with van der Waals surface area (Å²) in [6.07, 6.45) is 1.18. The van der Waals surface area contributed by atoms with E-state index in [9.17, 15) is 14.4 Å². The topological polar surface area (TPSA) is 77.9 Å². The van der Waals surface area contributed by atoms with E-state index in [4.69, 9.17) is 5.11 Å². The fourth-order valence-corrected chi connectivity index (χ4v) is 2.88. The van der Waals surface area contributed by atoms with E-state index in [1.54, 1.807) is 29.2 Å². The van der Waals surface area contributed by atoms with Gasteiger partial charge in [0.25, 0.3) is 11.8 Å². The summed E-state index contributed by atoms with van der Waals surface area (Å²) < 4.78 is 0. The van der Waals surface area contributed by atoms with Crippen molar-refractivity contribution in [3.05, 3.63) is 35.4 Å². The van der Waals surface area contributed by atoms with E-state index in [0.717, 1.165) is 0 Å². The van der Waals surface area contributed by atoms with Gasteiger partial charge in [0.1, 0.15) is 6.04 Å². The second kappa shape index (κ2) is 7.26. The molecule has 0 bridgehead atoms. The standard InChI is InChI=1S/C17H22N2O4/c1-3-18(4-2)15(20)12-7-9-13(10-8-12)16(21)19-11-5-6-14(19)17(22)23/h7-10,14H,3-6,11H2,1-2H3,(H,22,23)/t14-/m0/s1. The average Bonchev–Trinajstić information content (AvgIpc) is 3.05. The van der Waals surface area contributed by atoms with Gasteiger partial charge in [0.15, 0.2) is 0 Å². The lowest BCUT2D eigenvalue weighted by Gasteiger charge is -2.22. The van der Waals surface area contributed by atoms with Crippen LogP contribution in [-0.4, -0.2) is 58.4 Å². The summed E-state index contributed by atoms with van der Waals surface area (Å²) in [6, 6.07) is 5.69. The lowest BCUT2D eigenvalue weighted by atomic mass is 10.1. The van der Waals surface area contributed by atoms with Crippen molar-refractivity contribution in [2.75, 3.05) is 19.6 Å². The van der Waals surface area contributed by atoms with Crippen LogP contribution in [0.3, 0.4) is 0 Å². The second-order valence-electron chi connectivity index (χ2n) is 5.55. The summed E-state index contributed by atoms with van der Waals surface area (Å²) in [5, 5.41) is 9.17. The molecule has 1 saturated heterocycles. The summed E-state index contributed by atoms with van der Waals surface area (Å²) in [7, 11) is 0. The van der Waals surface area contributed by atoms with Gasteiger partial charge < -0.3 is 14.9 Å². The Hall–Kier alpha value is -2.37. The third-order valence-electron chi connectivity index (χ3n) is 4.23. The van der Waals surface area contributed by atoms with E-state index in [2.05, 4.69) is 0 Å². The van der Waals surface area contributed by atoms with Crippen LogP contribution in [0.4, 0.5) is 0 Å². The number of carbonyl (C=O) groups excluding carboxylic acids is 2. The number of hydrogen-bond acceptors (Lipinski definition) is 3. The van der Waals surface area contributed by atoms with Gasteiger partial charge >= 0.3 is 5.97 Å². The molecule has 1 aliphatic heterocycles. The van der Waals surface area contributed by atoms with E-state index in [1.807, 2.05) is 13.8 Å². The Balaban J connectivity index is 2.14. The maximum atomic E-state index is 12.5. The number of aliphatic carboxylic acids is 1. The largest absolute Gasteiger partial charge is 0.480 e. The van der Waals surface area contributed by atoms with Crippen molar-refractivity contribution in [3.63, 3.8) is 0 Å². The molecule has 0 spiro atoms. The van der Waals surface area contributed by atoms with Gasteiger partial charge in [-0.1, -0.05) is 0 Å². The molecule has 0 unspecified atom stereocenters. The number of carbonyl (C=O) groups is 3. The first-order chi connectivity index (χ1) is 11.0. The van der Waals surface area contributed by atoms with Gasteiger partial charge in [0, 0.05) is 30.8 Å². The molecule has 0 saturated carbocycles. The molecule has 0 radical (unpaired) electrons. The smallest absolute Gasteiger partial charge is 0.326 e. The van der Waals surface area contributed by atoms with Crippen molar-refractivity contribution in [1.82, 2.24) is 9.80 Å². The van der Waals surface area contributed by atoms with E-state index in [0.29, 0.717) is 43.6 Å². The molecule has 2 amide bonds. The van der Waals surface area contributed by atoms with Gasteiger partial charge in [-0.3, -0.25) is 9.59 Å². The van der Waals surface area contributed by atoms with Crippen LogP contribution in [-0.2, 0) is 4.79 Å². The molecule has 1 N–H and O–H groups in total. The molecule has 0 aromatic heterocycles. The highest BCUT2D eigenvalue weighted by Crippen LogP contribution is 2.20. The van der Waals surface area contributed by atoms with E-state index >= 15 is 0 Å². The average molecular weight is 318 g/mol. The molecular weight excluding hydrogens is 296 g/mol. The molecule has 2 rings (SSSR count). The lowest BCUT2D eigenvalue weighted by Crippen LogP contribution is -2.40. The van der Waals surface area contributed by atoms with Gasteiger partial charge in [-0.05, 0) is 51.0 Å². The van der Waals surface area contributed by atoms with Crippen molar-refractivity contribution in [3.8, 4) is 0 Å². The quantitative estimate of drug-likeness (QED) is 0.899. The first kappa shape index (κ1) is 17.0. The van der Waals surface area contributed by atoms with Gasteiger partial charge in [-0.15, -0.1) is 0 Å². The van der Waals surface area contributed by atoms with Crippen LogP contribution in [0, 0.1) is 0 Å². The van der Waals surface area contributed by atoms with Crippen LogP contribution in [0.15, 0.2) is 24.3 Å². The van der Waals surface area contributed by atoms with Gasteiger partial charge in [-0.2, -0.15) is 0 Å². The monoisotopic (exact) mass is 318 g/mol. The highest BCUT2D eigenvalue weighted by molar-refractivity contribution is 5.99. The minimum absolute atomic E-state index is 0.0708. The molecule has 124 valence electrons. The fraction of sp³-hybridized carbons (Fsp3) is 0.471. The zero-order valence-corrected chi connectivity index (χ0v) is 13.5. The maximum Gasteiger partial charge on any atom is 0.326 e. The summed E-state index contributed by atoms with van der Waals surface area (Å²) in [4.78, 5) is 39.0. The first-order valence-corrected chi connectivity index (χ1v) is 7.92. The van der Waals surface area contributed by atoms with Crippen LogP contribution < -0.4 is 0 Å². The zero-order valence-electron chi connectivity index (χ0n) is 13.5. The molecule has 23 heavy (non-hydrogen) atoms. The van der Waals surface area contributed by atoms with E-state index in [-0.39, 0.29) is 11.8 Å². The molecule has 1 aromatic rings. The number of amides is 2. The van der Waals surface area contributed by atoms with E-state index in [1.165, 1.54) is 4.90 Å². The molecule has 1 aliphatic rings. The Morgan fingerprint density at radius 2 is 1.70 bits per heavy atom. The summed E-state index contributed by atoms with van der Waals surface area (Å²) in [5.74, 6) is -1.33.